The summed E-state index contributed by atoms with van der Waals surface area (Å²) in [7, 11) is 0. The minimum absolute atomic E-state index is 0.289. The van der Waals surface area contributed by atoms with Gasteiger partial charge in [0.1, 0.15) is 18.1 Å². The van der Waals surface area contributed by atoms with E-state index in [1.807, 2.05) is 0 Å². The topological polar surface area (TPSA) is 96.0 Å². The van der Waals surface area contributed by atoms with E-state index in [2.05, 4.69) is 25.9 Å². The summed E-state index contributed by atoms with van der Waals surface area (Å²) < 4.78 is 0. The number of hydrogen-bond donors (Lipinski definition) is 3. The fraction of sp³-hybridized carbons (Fsp3) is 0.250. The molecule has 2 heterocycles. The standard InChI is InChI=1S/C8H9N5O2/c14-4-12-6-2-10-7-5(13-8(6)15)1-9-3-11-7/h1,3-4,6H,2H2,(H,12,14)(H,13,15)(H,9,10,11)/t6-/m0/s1. The number of carbonyl (C=O) groups is 2. The number of amides is 2. The fourth-order valence-electron chi connectivity index (χ4n) is 1.29. The highest BCUT2D eigenvalue weighted by Crippen LogP contribution is 2.18. The Morgan fingerprint density at radius 2 is 2.47 bits per heavy atom. The van der Waals surface area contributed by atoms with Crippen LogP contribution in [0.15, 0.2) is 12.5 Å². The van der Waals surface area contributed by atoms with Crippen LogP contribution in [0, 0.1) is 0 Å². The van der Waals surface area contributed by atoms with Crippen LogP contribution < -0.4 is 16.0 Å². The lowest BCUT2D eigenvalue weighted by Gasteiger charge is -2.10. The van der Waals surface area contributed by atoms with Gasteiger partial charge in [-0.3, -0.25) is 9.59 Å². The predicted molar refractivity (Wildman–Crippen MR) is 52.1 cm³/mol. The minimum atomic E-state index is -0.600. The molecule has 0 spiro atoms. The minimum Gasteiger partial charge on any atom is -0.366 e. The molecule has 0 saturated carbocycles. The number of nitrogens with one attached hydrogen (secondary N) is 3. The van der Waals surface area contributed by atoms with Crippen molar-refractivity contribution in [2.45, 2.75) is 6.04 Å². The van der Waals surface area contributed by atoms with Gasteiger partial charge in [0.2, 0.25) is 12.3 Å². The van der Waals surface area contributed by atoms with Crippen molar-refractivity contribution in [2.24, 2.45) is 0 Å². The third-order valence-electron chi connectivity index (χ3n) is 2.03. The lowest BCUT2D eigenvalue weighted by molar-refractivity contribution is -0.120. The van der Waals surface area contributed by atoms with Crippen LogP contribution in [0.25, 0.3) is 0 Å². The smallest absolute Gasteiger partial charge is 0.248 e. The number of aromatic nitrogens is 2. The highest BCUT2D eigenvalue weighted by molar-refractivity contribution is 5.99. The van der Waals surface area contributed by atoms with E-state index in [0.29, 0.717) is 24.5 Å². The van der Waals surface area contributed by atoms with Gasteiger partial charge in [0.05, 0.1) is 6.20 Å². The molecule has 1 aromatic heterocycles. The monoisotopic (exact) mass is 207 g/mol. The summed E-state index contributed by atoms with van der Waals surface area (Å²) in [6.45, 7) is 0.300. The quantitative estimate of drug-likeness (QED) is 0.538. The van der Waals surface area contributed by atoms with Crippen LogP contribution in [0.1, 0.15) is 0 Å². The zero-order valence-electron chi connectivity index (χ0n) is 7.73. The van der Waals surface area contributed by atoms with Crippen LogP contribution in [0.2, 0.25) is 0 Å². The first kappa shape index (κ1) is 9.38. The first-order valence-corrected chi connectivity index (χ1v) is 4.35. The van der Waals surface area contributed by atoms with Gasteiger partial charge in [-0.15, -0.1) is 0 Å². The van der Waals surface area contributed by atoms with Gasteiger partial charge in [-0.05, 0) is 0 Å². The van der Waals surface area contributed by atoms with E-state index in [0.717, 1.165) is 0 Å². The summed E-state index contributed by atoms with van der Waals surface area (Å²) in [6.07, 6.45) is 3.37. The SMILES string of the molecule is O=CN[C@H]1CNc2ncncc2NC1=O. The summed E-state index contributed by atoms with van der Waals surface area (Å²) >= 11 is 0. The van der Waals surface area contributed by atoms with Crippen LogP contribution in [0.4, 0.5) is 11.5 Å². The maximum Gasteiger partial charge on any atom is 0.248 e. The van der Waals surface area contributed by atoms with Gasteiger partial charge in [-0.2, -0.15) is 0 Å². The van der Waals surface area contributed by atoms with E-state index in [1.54, 1.807) is 0 Å². The summed E-state index contributed by atoms with van der Waals surface area (Å²) in [5, 5.41) is 7.95. The molecule has 0 radical (unpaired) electrons. The van der Waals surface area contributed by atoms with Gasteiger partial charge in [-0.1, -0.05) is 0 Å². The Bertz CT molecular complexity index is 394. The highest BCUT2D eigenvalue weighted by Gasteiger charge is 2.22. The molecule has 2 rings (SSSR count). The second-order valence-electron chi connectivity index (χ2n) is 2.99. The maximum atomic E-state index is 11.5. The lowest BCUT2D eigenvalue weighted by atomic mass is 10.3. The molecule has 0 aliphatic carbocycles. The van der Waals surface area contributed by atoms with Gasteiger partial charge < -0.3 is 16.0 Å². The van der Waals surface area contributed by atoms with Gasteiger partial charge in [0, 0.05) is 6.54 Å². The summed E-state index contributed by atoms with van der Waals surface area (Å²) in [5.41, 5.74) is 0.512. The van der Waals surface area contributed by atoms with Crippen molar-refractivity contribution in [3.8, 4) is 0 Å². The van der Waals surface area contributed by atoms with Crippen LogP contribution in [0.5, 0.6) is 0 Å². The molecule has 7 nitrogen and oxygen atoms in total. The maximum absolute atomic E-state index is 11.5. The zero-order chi connectivity index (χ0) is 10.7. The van der Waals surface area contributed by atoms with Crippen LogP contribution >= 0.6 is 0 Å². The Kier molecular flexibility index (Phi) is 2.44. The Labute approximate surface area is 85.3 Å². The Balaban J connectivity index is 2.22. The number of rotatable bonds is 2. The average molecular weight is 207 g/mol. The summed E-state index contributed by atoms with van der Waals surface area (Å²) in [4.78, 5) is 29.5. The molecule has 0 unspecified atom stereocenters. The van der Waals surface area contributed by atoms with Gasteiger partial charge in [0.15, 0.2) is 5.82 Å². The van der Waals surface area contributed by atoms with E-state index in [9.17, 15) is 9.59 Å². The predicted octanol–water partition coefficient (Wildman–Crippen LogP) is -1.04. The number of fused-ring (bicyclic) bond motifs is 1. The molecule has 2 amide bonds. The van der Waals surface area contributed by atoms with E-state index < -0.39 is 6.04 Å². The van der Waals surface area contributed by atoms with Crippen molar-refractivity contribution < 1.29 is 9.59 Å². The Morgan fingerprint density at radius 3 is 3.27 bits per heavy atom. The van der Waals surface area contributed by atoms with Crippen molar-refractivity contribution >= 4 is 23.8 Å². The van der Waals surface area contributed by atoms with E-state index in [-0.39, 0.29) is 5.91 Å². The largest absolute Gasteiger partial charge is 0.366 e. The van der Waals surface area contributed by atoms with Crippen LogP contribution in [-0.4, -0.2) is 34.9 Å². The molecule has 78 valence electrons. The van der Waals surface area contributed by atoms with Crippen molar-refractivity contribution in [3.05, 3.63) is 12.5 Å². The Morgan fingerprint density at radius 1 is 1.60 bits per heavy atom. The molecule has 0 fully saturated rings. The van der Waals surface area contributed by atoms with E-state index in [1.165, 1.54) is 12.5 Å². The third kappa shape index (κ3) is 1.85. The first-order chi connectivity index (χ1) is 7.31. The van der Waals surface area contributed by atoms with Crippen molar-refractivity contribution in [2.75, 3.05) is 17.2 Å². The highest BCUT2D eigenvalue weighted by atomic mass is 16.2. The molecule has 1 aliphatic rings. The second-order valence-corrected chi connectivity index (χ2v) is 2.99. The van der Waals surface area contributed by atoms with Crippen molar-refractivity contribution in [3.63, 3.8) is 0 Å². The molecular weight excluding hydrogens is 198 g/mol. The van der Waals surface area contributed by atoms with Gasteiger partial charge in [-0.25, -0.2) is 9.97 Å². The number of carbonyl (C=O) groups excluding carboxylic acids is 2. The molecule has 3 N–H and O–H groups in total. The number of nitrogens with zero attached hydrogens (tertiary/aromatic N) is 2. The summed E-state index contributed by atoms with van der Waals surface area (Å²) in [5.74, 6) is 0.261. The van der Waals surface area contributed by atoms with Crippen molar-refractivity contribution in [1.82, 2.24) is 15.3 Å². The van der Waals surface area contributed by atoms with Gasteiger partial charge >= 0.3 is 0 Å². The lowest BCUT2D eigenvalue weighted by Crippen LogP contribution is -2.43. The number of hydrogen-bond acceptors (Lipinski definition) is 5. The first-order valence-electron chi connectivity index (χ1n) is 4.35. The van der Waals surface area contributed by atoms with Gasteiger partial charge in [0.25, 0.3) is 0 Å². The van der Waals surface area contributed by atoms with Crippen molar-refractivity contribution in [1.29, 1.82) is 0 Å². The zero-order valence-corrected chi connectivity index (χ0v) is 7.73. The van der Waals surface area contributed by atoms with Crippen LogP contribution in [-0.2, 0) is 9.59 Å². The molecule has 15 heavy (non-hydrogen) atoms. The average Bonchev–Trinajstić information content (AvgIpc) is 2.40. The fourth-order valence-corrected chi connectivity index (χ4v) is 1.29. The molecule has 1 atom stereocenters. The molecule has 0 saturated heterocycles. The van der Waals surface area contributed by atoms with Crippen LogP contribution in [0.3, 0.4) is 0 Å². The second kappa shape index (κ2) is 3.91. The van der Waals surface area contributed by atoms with E-state index >= 15 is 0 Å². The number of anilines is 2. The summed E-state index contributed by atoms with van der Waals surface area (Å²) in [6, 6.07) is -0.600. The Hall–Kier alpha value is -2.18. The molecular formula is C8H9N5O2. The molecule has 7 heteroatoms. The molecule has 1 aliphatic heterocycles. The third-order valence-corrected chi connectivity index (χ3v) is 2.03. The molecule has 1 aromatic rings. The van der Waals surface area contributed by atoms with E-state index in [4.69, 9.17) is 0 Å². The molecule has 0 aromatic carbocycles. The normalized spacial score (nSPS) is 19.2. The molecule has 0 bridgehead atoms.